The molecule has 1 aromatic carbocycles. The van der Waals surface area contributed by atoms with Crippen molar-refractivity contribution in [2.45, 2.75) is 33.6 Å². The molecule has 0 aliphatic heterocycles. The number of amides is 1. The van der Waals surface area contributed by atoms with Crippen molar-refractivity contribution in [1.82, 2.24) is 16.0 Å². The summed E-state index contributed by atoms with van der Waals surface area (Å²) in [5.41, 5.74) is 1.23. The number of guanidine groups is 1. The van der Waals surface area contributed by atoms with Crippen LogP contribution >= 0.6 is 35.6 Å². The van der Waals surface area contributed by atoms with Crippen LogP contribution in [0.5, 0.6) is 0 Å². The lowest BCUT2D eigenvalue weighted by atomic mass is 9.86. The molecule has 0 aromatic heterocycles. The van der Waals surface area contributed by atoms with E-state index in [4.69, 9.17) is 11.6 Å². The Morgan fingerprint density at radius 3 is 2.56 bits per heavy atom. The topological polar surface area (TPSA) is 65.5 Å². The van der Waals surface area contributed by atoms with Crippen LogP contribution in [-0.4, -0.2) is 38.5 Å². The molecule has 5 nitrogen and oxygen atoms in total. The minimum absolute atomic E-state index is 0. The van der Waals surface area contributed by atoms with Gasteiger partial charge in [-0.3, -0.25) is 9.79 Å². The number of nitrogens with one attached hydrogen (secondary N) is 3. The summed E-state index contributed by atoms with van der Waals surface area (Å²) in [4.78, 5) is 15.8. The number of carbonyl (C=O) groups excluding carboxylic acids is 1. The van der Waals surface area contributed by atoms with E-state index in [0.717, 1.165) is 24.4 Å². The minimum atomic E-state index is -0.0296. The van der Waals surface area contributed by atoms with Gasteiger partial charge in [-0.05, 0) is 36.0 Å². The molecular formula is C18H30ClIN4O. The summed E-state index contributed by atoms with van der Waals surface area (Å²) < 4.78 is 0. The number of benzene rings is 1. The van der Waals surface area contributed by atoms with Crippen LogP contribution in [0.3, 0.4) is 0 Å². The normalized spacial score (nSPS) is 11.5. The van der Waals surface area contributed by atoms with Gasteiger partial charge in [-0.1, -0.05) is 44.5 Å². The zero-order valence-corrected chi connectivity index (χ0v) is 18.6. The predicted octanol–water partition coefficient (Wildman–Crippen LogP) is 3.22. The Labute approximate surface area is 173 Å². The Kier molecular flexibility index (Phi) is 11.8. The summed E-state index contributed by atoms with van der Waals surface area (Å²) in [5.74, 6) is 0.596. The highest BCUT2D eigenvalue weighted by atomic mass is 127. The van der Waals surface area contributed by atoms with Gasteiger partial charge in [-0.25, -0.2) is 0 Å². The van der Waals surface area contributed by atoms with Crippen molar-refractivity contribution in [3.8, 4) is 0 Å². The molecule has 0 radical (unpaired) electrons. The second-order valence-electron chi connectivity index (χ2n) is 6.60. The van der Waals surface area contributed by atoms with E-state index in [-0.39, 0.29) is 41.8 Å². The van der Waals surface area contributed by atoms with E-state index in [0.29, 0.717) is 12.5 Å². The molecule has 1 amide bonds. The first-order chi connectivity index (χ1) is 11.4. The summed E-state index contributed by atoms with van der Waals surface area (Å²) >= 11 is 6.05. The summed E-state index contributed by atoms with van der Waals surface area (Å²) in [6.45, 7) is 8.03. The SMILES string of the molecule is CCCNC(=O)CNC(=NC)NCC(C)(C)Cc1cccc(Cl)c1.I. The van der Waals surface area contributed by atoms with Gasteiger partial charge in [0.25, 0.3) is 0 Å². The number of carbonyl (C=O) groups is 1. The third kappa shape index (κ3) is 10.5. The fraction of sp³-hybridized carbons (Fsp3) is 0.556. The molecule has 142 valence electrons. The van der Waals surface area contributed by atoms with Crippen LogP contribution in [0.2, 0.25) is 5.02 Å². The highest BCUT2D eigenvalue weighted by molar-refractivity contribution is 14.0. The number of hydrogen-bond acceptors (Lipinski definition) is 2. The highest BCUT2D eigenvalue weighted by Crippen LogP contribution is 2.22. The molecule has 0 spiro atoms. The largest absolute Gasteiger partial charge is 0.356 e. The van der Waals surface area contributed by atoms with Crippen LogP contribution < -0.4 is 16.0 Å². The van der Waals surface area contributed by atoms with Gasteiger partial charge < -0.3 is 16.0 Å². The van der Waals surface area contributed by atoms with E-state index in [2.05, 4.69) is 40.9 Å². The molecule has 25 heavy (non-hydrogen) atoms. The van der Waals surface area contributed by atoms with Gasteiger partial charge in [-0.15, -0.1) is 24.0 Å². The smallest absolute Gasteiger partial charge is 0.239 e. The van der Waals surface area contributed by atoms with E-state index < -0.39 is 0 Å². The molecule has 1 rings (SSSR count). The van der Waals surface area contributed by atoms with Gasteiger partial charge in [-0.2, -0.15) is 0 Å². The number of nitrogens with zero attached hydrogens (tertiary/aromatic N) is 1. The zero-order chi connectivity index (χ0) is 18.0. The quantitative estimate of drug-likeness (QED) is 0.304. The van der Waals surface area contributed by atoms with Gasteiger partial charge in [0.1, 0.15) is 0 Å². The fourth-order valence-corrected chi connectivity index (χ4v) is 2.51. The van der Waals surface area contributed by atoms with Gasteiger partial charge in [0.15, 0.2) is 5.96 Å². The monoisotopic (exact) mass is 480 g/mol. The van der Waals surface area contributed by atoms with Gasteiger partial charge in [0, 0.05) is 25.2 Å². The Hall–Kier alpha value is -1.02. The maximum atomic E-state index is 11.6. The molecular weight excluding hydrogens is 451 g/mol. The Balaban J connectivity index is 0.00000576. The van der Waals surface area contributed by atoms with Crippen LogP contribution in [0.4, 0.5) is 0 Å². The molecule has 7 heteroatoms. The molecule has 0 bridgehead atoms. The average Bonchev–Trinajstić information content (AvgIpc) is 2.52. The standard InChI is InChI=1S/C18H29ClN4O.HI/c1-5-9-21-16(24)12-22-17(20-4)23-13-18(2,3)11-14-7-6-8-15(19)10-14;/h6-8,10H,5,9,11-13H2,1-4H3,(H,21,24)(H2,20,22,23);1H. The predicted molar refractivity (Wildman–Crippen MR) is 117 cm³/mol. The number of halogens is 2. The maximum Gasteiger partial charge on any atom is 0.239 e. The Morgan fingerprint density at radius 2 is 1.96 bits per heavy atom. The third-order valence-corrected chi connectivity index (χ3v) is 3.75. The van der Waals surface area contributed by atoms with Crippen LogP contribution in [0.15, 0.2) is 29.3 Å². The second-order valence-corrected chi connectivity index (χ2v) is 7.04. The van der Waals surface area contributed by atoms with Crippen molar-refractivity contribution in [3.63, 3.8) is 0 Å². The van der Waals surface area contributed by atoms with Crippen molar-refractivity contribution < 1.29 is 4.79 Å². The lowest BCUT2D eigenvalue weighted by Crippen LogP contribution is -2.46. The second kappa shape index (κ2) is 12.4. The zero-order valence-electron chi connectivity index (χ0n) is 15.5. The summed E-state index contributed by atoms with van der Waals surface area (Å²) in [6, 6.07) is 7.93. The van der Waals surface area contributed by atoms with E-state index in [1.54, 1.807) is 7.05 Å². The van der Waals surface area contributed by atoms with Crippen molar-refractivity contribution >= 4 is 47.4 Å². The summed E-state index contributed by atoms with van der Waals surface area (Å²) in [7, 11) is 1.70. The molecule has 0 unspecified atom stereocenters. The number of hydrogen-bond donors (Lipinski definition) is 3. The molecule has 0 heterocycles. The first-order valence-electron chi connectivity index (χ1n) is 8.32. The number of aliphatic imine (C=N–C) groups is 1. The average molecular weight is 481 g/mol. The fourth-order valence-electron chi connectivity index (χ4n) is 2.30. The van der Waals surface area contributed by atoms with Crippen molar-refractivity contribution in [2.75, 3.05) is 26.7 Å². The lowest BCUT2D eigenvalue weighted by molar-refractivity contribution is -0.120. The molecule has 0 saturated heterocycles. The van der Waals surface area contributed by atoms with Crippen molar-refractivity contribution in [2.24, 2.45) is 10.4 Å². The summed E-state index contributed by atoms with van der Waals surface area (Å²) in [5, 5.41) is 9.89. The molecule has 0 aliphatic carbocycles. The van der Waals surface area contributed by atoms with Gasteiger partial charge >= 0.3 is 0 Å². The van der Waals surface area contributed by atoms with Crippen LogP contribution in [0.1, 0.15) is 32.8 Å². The van der Waals surface area contributed by atoms with Crippen LogP contribution in [0, 0.1) is 5.41 Å². The van der Waals surface area contributed by atoms with Crippen LogP contribution in [-0.2, 0) is 11.2 Å². The Bertz CT molecular complexity index is 564. The first-order valence-corrected chi connectivity index (χ1v) is 8.70. The van der Waals surface area contributed by atoms with E-state index in [9.17, 15) is 4.79 Å². The minimum Gasteiger partial charge on any atom is -0.356 e. The highest BCUT2D eigenvalue weighted by Gasteiger charge is 2.19. The maximum absolute atomic E-state index is 11.6. The molecule has 0 saturated carbocycles. The van der Waals surface area contributed by atoms with Gasteiger partial charge in [0.2, 0.25) is 5.91 Å². The molecule has 0 aliphatic rings. The Morgan fingerprint density at radius 1 is 1.24 bits per heavy atom. The number of rotatable bonds is 8. The molecule has 3 N–H and O–H groups in total. The van der Waals surface area contributed by atoms with E-state index in [1.165, 1.54) is 5.56 Å². The van der Waals surface area contributed by atoms with Crippen molar-refractivity contribution in [3.05, 3.63) is 34.9 Å². The molecule has 1 aromatic rings. The van der Waals surface area contributed by atoms with Crippen molar-refractivity contribution in [1.29, 1.82) is 0 Å². The van der Waals surface area contributed by atoms with E-state index in [1.807, 2.05) is 25.1 Å². The van der Waals surface area contributed by atoms with Gasteiger partial charge in [0.05, 0.1) is 6.54 Å². The third-order valence-electron chi connectivity index (χ3n) is 3.52. The van der Waals surface area contributed by atoms with E-state index >= 15 is 0 Å². The van der Waals surface area contributed by atoms with Crippen LogP contribution in [0.25, 0.3) is 0 Å². The lowest BCUT2D eigenvalue weighted by Gasteiger charge is -2.26. The first kappa shape index (κ1) is 24.0. The molecule has 0 fully saturated rings. The molecule has 0 atom stereocenters. The summed E-state index contributed by atoms with van der Waals surface area (Å²) in [6.07, 6.45) is 1.82.